The van der Waals surface area contributed by atoms with Gasteiger partial charge in [0.2, 0.25) is 0 Å². The van der Waals surface area contributed by atoms with Crippen LogP contribution in [0.5, 0.6) is 0 Å². The molecule has 46 heavy (non-hydrogen) atoms. The average molecular weight is 639 g/mol. The third-order valence-electron chi connectivity index (χ3n) is 8.14. The zero-order chi connectivity index (χ0) is 33.2. The lowest BCUT2D eigenvalue weighted by Gasteiger charge is -2.18. The van der Waals surface area contributed by atoms with Gasteiger partial charge in [0.25, 0.3) is 0 Å². The number of unbranched alkanes of at least 4 members (excludes halogenated alkanes) is 10. The van der Waals surface area contributed by atoms with Crippen molar-refractivity contribution in [2.45, 2.75) is 135 Å². The van der Waals surface area contributed by atoms with E-state index in [2.05, 4.69) is 6.92 Å². The van der Waals surface area contributed by atoms with E-state index in [0.717, 1.165) is 87.4 Å². The number of carbonyl (C=O) groups is 3. The number of benzene rings is 2. The van der Waals surface area contributed by atoms with E-state index in [1.54, 1.807) is 0 Å². The predicted molar refractivity (Wildman–Crippen MR) is 185 cm³/mol. The monoisotopic (exact) mass is 638 g/mol. The zero-order valence-electron chi connectivity index (χ0n) is 28.1. The second-order valence-electron chi connectivity index (χ2n) is 12.3. The molecule has 8 heteroatoms. The molecule has 0 spiro atoms. The Hall–Kier alpha value is -3.55. The first kappa shape index (κ1) is 38.6. The van der Waals surface area contributed by atoms with Crippen LogP contribution in [0.3, 0.4) is 0 Å². The average Bonchev–Trinajstić information content (AvgIpc) is 3.04. The van der Waals surface area contributed by atoms with Crippen molar-refractivity contribution in [3.63, 3.8) is 0 Å². The number of rotatable bonds is 26. The molecule has 1 atom stereocenters. The molecule has 8 nitrogen and oxygen atoms in total. The maximum Gasteiger partial charge on any atom is 0.306 e. The van der Waals surface area contributed by atoms with E-state index in [1.807, 2.05) is 48.5 Å². The SMILES string of the molecule is CCCCCC[C@H](CCCCCCCCCCC(=O)OCCc1ccc(N)cc1)OC(=O)CCC(=O)OCCc1ccc(N)cc1. The molecule has 0 aromatic heterocycles. The second kappa shape index (κ2) is 24.7. The van der Waals surface area contributed by atoms with Gasteiger partial charge in [-0.2, -0.15) is 0 Å². The quantitative estimate of drug-likeness (QED) is 0.0455. The Kier molecular flexibility index (Phi) is 20.7. The van der Waals surface area contributed by atoms with Crippen LogP contribution in [0.1, 0.15) is 127 Å². The third kappa shape index (κ3) is 19.8. The molecule has 0 amide bonds. The predicted octanol–water partition coefficient (Wildman–Crippen LogP) is 8.29. The molecule has 0 heterocycles. The molecule has 256 valence electrons. The number of nitrogens with two attached hydrogens (primary N) is 2. The number of esters is 3. The van der Waals surface area contributed by atoms with Gasteiger partial charge in [-0.05, 0) is 67.5 Å². The van der Waals surface area contributed by atoms with Crippen LogP contribution < -0.4 is 11.5 Å². The molecule has 0 aliphatic rings. The standard InChI is InChI=1S/C38H58N2O6/c1-2-3-4-11-14-35(46-38(43)26-25-37(42)45-30-28-32-19-23-34(40)24-20-32)15-12-9-7-5-6-8-10-13-16-36(41)44-29-27-31-17-21-33(39)22-18-31/h17-24,35H,2-16,25-30,39-40H2,1H3/t35-/m1/s1. The topological polar surface area (TPSA) is 131 Å². The molecule has 0 radical (unpaired) electrons. The fourth-order valence-electron chi connectivity index (χ4n) is 5.29. The van der Waals surface area contributed by atoms with Gasteiger partial charge in [-0.25, -0.2) is 0 Å². The Bertz CT molecular complexity index is 1100. The van der Waals surface area contributed by atoms with Gasteiger partial charge in [0, 0.05) is 30.6 Å². The zero-order valence-corrected chi connectivity index (χ0v) is 28.1. The fraction of sp³-hybridized carbons (Fsp3) is 0.605. The summed E-state index contributed by atoms with van der Waals surface area (Å²) in [7, 11) is 0. The van der Waals surface area contributed by atoms with E-state index in [1.165, 1.54) is 19.3 Å². The minimum Gasteiger partial charge on any atom is -0.465 e. The fourth-order valence-corrected chi connectivity index (χ4v) is 5.29. The number of hydrogen-bond acceptors (Lipinski definition) is 8. The molecule has 2 aromatic rings. The molecule has 2 rings (SSSR count). The first-order valence-electron chi connectivity index (χ1n) is 17.5. The summed E-state index contributed by atoms with van der Waals surface area (Å²) in [6.45, 7) is 2.87. The van der Waals surface area contributed by atoms with Crippen LogP contribution in [0.15, 0.2) is 48.5 Å². The van der Waals surface area contributed by atoms with E-state index >= 15 is 0 Å². The minimum absolute atomic E-state index is 0.0365. The first-order chi connectivity index (χ1) is 22.4. The van der Waals surface area contributed by atoms with Crippen LogP contribution in [-0.4, -0.2) is 37.2 Å². The second-order valence-corrected chi connectivity index (χ2v) is 12.3. The third-order valence-corrected chi connectivity index (χ3v) is 8.14. The molecule has 0 fully saturated rings. The Balaban J connectivity index is 1.50. The van der Waals surface area contributed by atoms with Crippen molar-refractivity contribution in [3.8, 4) is 0 Å². The van der Waals surface area contributed by atoms with E-state index in [4.69, 9.17) is 25.7 Å². The Morgan fingerprint density at radius 2 is 0.957 bits per heavy atom. The maximum absolute atomic E-state index is 12.5. The van der Waals surface area contributed by atoms with Crippen LogP contribution in [0.4, 0.5) is 11.4 Å². The lowest BCUT2D eigenvalue weighted by Crippen LogP contribution is -2.19. The smallest absolute Gasteiger partial charge is 0.306 e. The van der Waals surface area contributed by atoms with Gasteiger partial charge in [0.1, 0.15) is 6.10 Å². The van der Waals surface area contributed by atoms with Gasteiger partial charge in [-0.1, -0.05) is 89.0 Å². The molecular weight excluding hydrogens is 580 g/mol. The summed E-state index contributed by atoms with van der Waals surface area (Å²) in [6, 6.07) is 15.1. The van der Waals surface area contributed by atoms with Crippen molar-refractivity contribution in [1.82, 2.24) is 0 Å². The van der Waals surface area contributed by atoms with Crippen molar-refractivity contribution in [2.75, 3.05) is 24.7 Å². The number of ether oxygens (including phenoxy) is 3. The highest BCUT2D eigenvalue weighted by Gasteiger charge is 2.16. The Labute approximate surface area is 276 Å². The summed E-state index contributed by atoms with van der Waals surface area (Å²) in [5.74, 6) is -0.815. The van der Waals surface area contributed by atoms with E-state index in [9.17, 15) is 14.4 Å². The van der Waals surface area contributed by atoms with E-state index in [0.29, 0.717) is 31.6 Å². The van der Waals surface area contributed by atoms with Gasteiger partial charge in [0.15, 0.2) is 0 Å². The lowest BCUT2D eigenvalue weighted by molar-refractivity contribution is -0.154. The van der Waals surface area contributed by atoms with Crippen LogP contribution in [0.25, 0.3) is 0 Å². The largest absolute Gasteiger partial charge is 0.465 e. The van der Waals surface area contributed by atoms with Crippen molar-refractivity contribution in [1.29, 1.82) is 0 Å². The van der Waals surface area contributed by atoms with Gasteiger partial charge in [0.05, 0.1) is 26.1 Å². The molecule has 0 unspecified atom stereocenters. The number of anilines is 2. The van der Waals surface area contributed by atoms with Gasteiger partial charge in [-0.3, -0.25) is 14.4 Å². The van der Waals surface area contributed by atoms with Crippen molar-refractivity contribution >= 4 is 29.3 Å². The van der Waals surface area contributed by atoms with Crippen molar-refractivity contribution in [3.05, 3.63) is 59.7 Å². The Morgan fingerprint density at radius 1 is 0.543 bits per heavy atom. The molecule has 0 saturated heterocycles. The molecule has 0 saturated carbocycles. The molecule has 2 aromatic carbocycles. The minimum atomic E-state index is -0.378. The number of nitrogen functional groups attached to an aromatic ring is 2. The van der Waals surface area contributed by atoms with Gasteiger partial charge >= 0.3 is 17.9 Å². The highest BCUT2D eigenvalue weighted by Crippen LogP contribution is 2.18. The molecule has 0 aliphatic heterocycles. The van der Waals surface area contributed by atoms with Crippen molar-refractivity contribution < 1.29 is 28.6 Å². The van der Waals surface area contributed by atoms with E-state index < -0.39 is 0 Å². The summed E-state index contributed by atoms with van der Waals surface area (Å²) in [4.78, 5) is 36.6. The summed E-state index contributed by atoms with van der Waals surface area (Å²) in [6.07, 6.45) is 16.8. The summed E-state index contributed by atoms with van der Waals surface area (Å²) in [5, 5.41) is 0. The van der Waals surface area contributed by atoms with Crippen molar-refractivity contribution in [2.24, 2.45) is 0 Å². The molecular formula is C38H58N2O6. The highest BCUT2D eigenvalue weighted by atomic mass is 16.5. The number of hydrogen-bond donors (Lipinski definition) is 2. The highest BCUT2D eigenvalue weighted by molar-refractivity contribution is 5.77. The van der Waals surface area contributed by atoms with Crippen LogP contribution in [0, 0.1) is 0 Å². The molecule has 4 N–H and O–H groups in total. The normalized spacial score (nSPS) is 11.6. The van der Waals surface area contributed by atoms with Crippen LogP contribution in [-0.2, 0) is 41.4 Å². The van der Waals surface area contributed by atoms with Gasteiger partial charge < -0.3 is 25.7 Å². The van der Waals surface area contributed by atoms with E-state index in [-0.39, 0.29) is 43.5 Å². The maximum atomic E-state index is 12.5. The van der Waals surface area contributed by atoms with Gasteiger partial charge in [-0.15, -0.1) is 0 Å². The summed E-state index contributed by atoms with van der Waals surface area (Å²) in [5.41, 5.74) is 15.0. The summed E-state index contributed by atoms with van der Waals surface area (Å²) >= 11 is 0. The summed E-state index contributed by atoms with van der Waals surface area (Å²) < 4.78 is 16.5. The lowest BCUT2D eigenvalue weighted by atomic mass is 10.0. The molecule has 0 bridgehead atoms. The Morgan fingerprint density at radius 3 is 1.46 bits per heavy atom. The number of carbonyl (C=O) groups excluding carboxylic acids is 3. The molecule has 0 aliphatic carbocycles. The first-order valence-corrected chi connectivity index (χ1v) is 17.5. The van der Waals surface area contributed by atoms with Crippen LogP contribution >= 0.6 is 0 Å². The van der Waals surface area contributed by atoms with Crippen LogP contribution in [0.2, 0.25) is 0 Å².